The van der Waals surface area contributed by atoms with Crippen molar-refractivity contribution in [2.24, 2.45) is 0 Å². The molecule has 1 N–H and O–H groups in total. The summed E-state index contributed by atoms with van der Waals surface area (Å²) in [6.07, 6.45) is 7.68. The summed E-state index contributed by atoms with van der Waals surface area (Å²) in [5.74, 6) is 0. The Hall–Kier alpha value is -3.51. The molecule has 1 fully saturated rings. The molecule has 0 saturated carbocycles. The largest absolute Gasteiger partial charge is 0.351 e. The Morgan fingerprint density at radius 1 is 0.969 bits per heavy atom. The zero-order chi connectivity index (χ0) is 22.1. The molecule has 1 saturated heterocycles. The first-order valence-corrected chi connectivity index (χ1v) is 11.1. The minimum absolute atomic E-state index is 0.0368. The lowest BCUT2D eigenvalue weighted by atomic mass is 10.00. The Balaban J connectivity index is 1.62. The number of nitrogens with zero attached hydrogens (tertiary/aromatic N) is 4. The van der Waals surface area contributed by atoms with E-state index in [0.29, 0.717) is 5.11 Å². The van der Waals surface area contributed by atoms with Gasteiger partial charge in [-0.15, -0.1) is 0 Å². The summed E-state index contributed by atoms with van der Waals surface area (Å²) in [4.78, 5) is 11.2. The van der Waals surface area contributed by atoms with Gasteiger partial charge >= 0.3 is 0 Å². The predicted octanol–water partition coefficient (Wildman–Crippen LogP) is 5.12. The third-order valence-electron chi connectivity index (χ3n) is 5.83. The molecule has 4 aromatic rings. The monoisotopic (exact) mass is 439 g/mol. The van der Waals surface area contributed by atoms with Gasteiger partial charge in [0.05, 0.1) is 11.7 Å². The molecule has 1 aliphatic rings. The average Bonchev–Trinajstić information content (AvgIpc) is 3.38. The van der Waals surface area contributed by atoms with Crippen LogP contribution < -0.4 is 10.2 Å². The summed E-state index contributed by atoms with van der Waals surface area (Å²) in [6.45, 7) is 4.99. The van der Waals surface area contributed by atoms with Crippen LogP contribution >= 0.6 is 12.2 Å². The highest BCUT2D eigenvalue weighted by molar-refractivity contribution is 7.80. The molecule has 32 heavy (non-hydrogen) atoms. The number of aryl methyl sites for hydroxylation is 2. The van der Waals surface area contributed by atoms with Crippen molar-refractivity contribution in [3.63, 3.8) is 0 Å². The molecule has 0 unspecified atom stereocenters. The van der Waals surface area contributed by atoms with Crippen molar-refractivity contribution >= 4 is 23.0 Å². The number of pyridine rings is 2. The van der Waals surface area contributed by atoms with Crippen LogP contribution in [0.3, 0.4) is 0 Å². The first-order valence-electron chi connectivity index (χ1n) is 10.7. The van der Waals surface area contributed by atoms with E-state index in [-0.39, 0.29) is 12.1 Å². The van der Waals surface area contributed by atoms with Gasteiger partial charge in [0.25, 0.3) is 0 Å². The number of hydrogen-bond acceptors (Lipinski definition) is 3. The highest BCUT2D eigenvalue weighted by Crippen LogP contribution is 2.42. The van der Waals surface area contributed by atoms with E-state index in [0.717, 1.165) is 23.5 Å². The molecule has 0 aliphatic carbocycles. The zero-order valence-corrected chi connectivity index (χ0v) is 19.0. The van der Waals surface area contributed by atoms with Gasteiger partial charge in [-0.05, 0) is 85.2 Å². The number of nitrogens with one attached hydrogen (secondary N) is 1. The molecule has 2 atom stereocenters. The Labute approximate surface area is 193 Å². The van der Waals surface area contributed by atoms with Crippen molar-refractivity contribution in [1.82, 2.24) is 19.9 Å². The molecule has 5 rings (SSSR count). The number of rotatable bonds is 5. The Morgan fingerprint density at radius 2 is 1.81 bits per heavy atom. The molecule has 0 bridgehead atoms. The van der Waals surface area contributed by atoms with Gasteiger partial charge in [0.1, 0.15) is 6.04 Å². The minimum Gasteiger partial charge on any atom is -0.351 e. The number of benzene rings is 1. The van der Waals surface area contributed by atoms with Crippen LogP contribution in [0.2, 0.25) is 0 Å². The maximum absolute atomic E-state index is 5.88. The van der Waals surface area contributed by atoms with E-state index in [1.54, 1.807) is 6.20 Å². The van der Waals surface area contributed by atoms with E-state index in [2.05, 4.69) is 87.3 Å². The van der Waals surface area contributed by atoms with Crippen molar-refractivity contribution in [3.05, 3.63) is 114 Å². The smallest absolute Gasteiger partial charge is 0.174 e. The average molecular weight is 440 g/mol. The van der Waals surface area contributed by atoms with Crippen LogP contribution in [0, 0.1) is 13.8 Å². The van der Waals surface area contributed by atoms with E-state index in [1.807, 2.05) is 30.6 Å². The molecule has 5 nitrogen and oxygen atoms in total. The van der Waals surface area contributed by atoms with Gasteiger partial charge in [0, 0.05) is 42.7 Å². The van der Waals surface area contributed by atoms with Crippen LogP contribution in [0.15, 0.2) is 85.5 Å². The van der Waals surface area contributed by atoms with Gasteiger partial charge in [-0.25, -0.2) is 0 Å². The maximum Gasteiger partial charge on any atom is 0.174 e. The molecule has 1 aliphatic heterocycles. The second-order valence-corrected chi connectivity index (χ2v) is 8.65. The first kappa shape index (κ1) is 20.4. The number of anilines is 1. The Bertz CT molecular complexity index is 1220. The molecule has 0 spiro atoms. The standard InChI is InChI=1S/C26H25N5S/c1-18-13-19(2)15-21(14-18)31-25(24(29-26(31)32)22-8-3-4-11-28-22)23-9-6-12-30(23)17-20-7-5-10-27-16-20/h3-16,24-25H,17H2,1-2H3,(H,29,32)/t24-,25-/m0/s1. The van der Waals surface area contributed by atoms with Gasteiger partial charge in [-0.3, -0.25) is 9.97 Å². The first-order chi connectivity index (χ1) is 15.6. The minimum atomic E-state index is -0.0629. The molecular weight excluding hydrogens is 414 g/mol. The van der Waals surface area contributed by atoms with Gasteiger partial charge < -0.3 is 14.8 Å². The van der Waals surface area contributed by atoms with E-state index < -0.39 is 0 Å². The molecule has 3 aromatic heterocycles. The molecular formula is C26H25N5S. The summed E-state index contributed by atoms with van der Waals surface area (Å²) < 4.78 is 2.28. The lowest BCUT2D eigenvalue weighted by Crippen LogP contribution is -2.30. The summed E-state index contributed by atoms with van der Waals surface area (Å²) >= 11 is 5.88. The van der Waals surface area contributed by atoms with E-state index in [1.165, 1.54) is 16.8 Å². The lowest BCUT2D eigenvalue weighted by molar-refractivity contribution is 0.533. The van der Waals surface area contributed by atoms with Gasteiger partial charge in [0.2, 0.25) is 0 Å². The Morgan fingerprint density at radius 3 is 2.53 bits per heavy atom. The summed E-state index contributed by atoms with van der Waals surface area (Å²) in [5.41, 5.74) is 6.84. The van der Waals surface area contributed by atoms with Crippen LogP contribution in [-0.4, -0.2) is 19.6 Å². The number of hydrogen-bond donors (Lipinski definition) is 1. The molecule has 160 valence electrons. The third kappa shape index (κ3) is 3.89. The number of thiocarbonyl (C=S) groups is 1. The van der Waals surface area contributed by atoms with Crippen molar-refractivity contribution in [2.45, 2.75) is 32.5 Å². The number of aromatic nitrogens is 3. The zero-order valence-electron chi connectivity index (χ0n) is 18.1. The highest BCUT2D eigenvalue weighted by Gasteiger charge is 2.42. The normalized spacial score (nSPS) is 18.1. The summed E-state index contributed by atoms with van der Waals surface area (Å²) in [7, 11) is 0. The Kier molecular flexibility index (Phi) is 5.45. The summed E-state index contributed by atoms with van der Waals surface area (Å²) in [5, 5.41) is 4.27. The van der Waals surface area contributed by atoms with E-state index >= 15 is 0 Å². The lowest BCUT2D eigenvalue weighted by Gasteiger charge is -2.29. The van der Waals surface area contributed by atoms with Crippen molar-refractivity contribution < 1.29 is 0 Å². The van der Waals surface area contributed by atoms with E-state index in [9.17, 15) is 0 Å². The van der Waals surface area contributed by atoms with Crippen molar-refractivity contribution in [1.29, 1.82) is 0 Å². The quantitative estimate of drug-likeness (QED) is 0.437. The highest BCUT2D eigenvalue weighted by atomic mass is 32.1. The molecule has 0 radical (unpaired) electrons. The SMILES string of the molecule is Cc1cc(C)cc(N2C(=S)N[C@@H](c3ccccn3)[C@@H]2c2cccn2Cc2cccnc2)c1. The molecule has 6 heteroatoms. The van der Waals surface area contributed by atoms with E-state index in [4.69, 9.17) is 12.2 Å². The molecule has 0 amide bonds. The van der Waals surface area contributed by atoms with Crippen molar-refractivity contribution in [3.8, 4) is 0 Å². The van der Waals surface area contributed by atoms with Crippen LogP contribution in [0.4, 0.5) is 5.69 Å². The fourth-order valence-corrected chi connectivity index (χ4v) is 4.90. The van der Waals surface area contributed by atoms with Gasteiger partial charge in [-0.1, -0.05) is 18.2 Å². The predicted molar refractivity (Wildman–Crippen MR) is 132 cm³/mol. The summed E-state index contributed by atoms with van der Waals surface area (Å²) in [6, 6.07) is 20.9. The fraction of sp³-hybridized carbons (Fsp3) is 0.192. The van der Waals surface area contributed by atoms with Crippen LogP contribution in [0.1, 0.15) is 40.2 Å². The van der Waals surface area contributed by atoms with Crippen molar-refractivity contribution in [2.75, 3.05) is 4.90 Å². The topological polar surface area (TPSA) is 46.0 Å². The van der Waals surface area contributed by atoms with Crippen LogP contribution in [0.25, 0.3) is 0 Å². The second-order valence-electron chi connectivity index (χ2n) is 8.26. The van der Waals surface area contributed by atoms with Gasteiger partial charge in [0.15, 0.2) is 5.11 Å². The maximum atomic E-state index is 5.88. The third-order valence-corrected chi connectivity index (χ3v) is 6.14. The fourth-order valence-electron chi connectivity index (χ4n) is 4.55. The molecule has 1 aromatic carbocycles. The van der Waals surface area contributed by atoms with Crippen LogP contribution in [-0.2, 0) is 6.54 Å². The van der Waals surface area contributed by atoms with Gasteiger partial charge in [-0.2, -0.15) is 0 Å². The molecule has 4 heterocycles. The van der Waals surface area contributed by atoms with Crippen LogP contribution in [0.5, 0.6) is 0 Å². The second kappa shape index (κ2) is 8.55.